The number of aliphatic hydroxyl groups excluding tert-OH is 1. The SMILES string of the molecule is CC(CCO)N1CCC[C@H](C2CN(c3cnc4c(C#N)nn(C(C)c5ccc(Cl)cc5Cl)c4n3)C2)C1. The molecule has 2 aliphatic heterocycles. The van der Waals surface area contributed by atoms with E-state index in [1.54, 1.807) is 23.0 Å². The maximum absolute atomic E-state index is 9.64. The topological polar surface area (TPSA) is 94.1 Å². The molecule has 36 heavy (non-hydrogen) atoms. The molecule has 10 heteroatoms. The third-order valence-corrected chi connectivity index (χ3v) is 8.40. The Labute approximate surface area is 221 Å². The van der Waals surface area contributed by atoms with Crippen molar-refractivity contribution in [1.82, 2.24) is 24.6 Å². The van der Waals surface area contributed by atoms with Crippen LogP contribution in [-0.2, 0) is 0 Å². The van der Waals surface area contributed by atoms with Gasteiger partial charge in [-0.3, -0.25) is 0 Å². The highest BCUT2D eigenvalue weighted by Crippen LogP contribution is 2.35. The van der Waals surface area contributed by atoms with E-state index < -0.39 is 0 Å². The van der Waals surface area contributed by atoms with E-state index in [4.69, 9.17) is 28.2 Å². The fourth-order valence-electron chi connectivity index (χ4n) is 5.56. The molecule has 2 aromatic heterocycles. The normalized spacial score (nSPS) is 20.8. The average Bonchev–Trinajstić information content (AvgIpc) is 3.21. The van der Waals surface area contributed by atoms with Crippen molar-refractivity contribution in [2.75, 3.05) is 37.7 Å². The molecule has 0 bridgehead atoms. The summed E-state index contributed by atoms with van der Waals surface area (Å²) in [4.78, 5) is 14.3. The number of aliphatic hydroxyl groups is 1. The molecule has 5 rings (SSSR count). The quantitative estimate of drug-likeness (QED) is 0.482. The summed E-state index contributed by atoms with van der Waals surface area (Å²) in [5, 5.41) is 24.6. The molecule has 0 radical (unpaired) electrons. The lowest BCUT2D eigenvalue weighted by atomic mass is 9.80. The Kier molecular flexibility index (Phi) is 7.36. The predicted molar refractivity (Wildman–Crippen MR) is 141 cm³/mol. The number of nitrogens with zero attached hydrogens (tertiary/aromatic N) is 7. The lowest BCUT2D eigenvalue weighted by Gasteiger charge is -2.48. The molecule has 0 saturated carbocycles. The molecule has 2 unspecified atom stereocenters. The van der Waals surface area contributed by atoms with Crippen molar-refractivity contribution in [2.45, 2.75) is 45.2 Å². The first-order valence-corrected chi connectivity index (χ1v) is 13.3. The molecular weight excluding hydrogens is 497 g/mol. The van der Waals surface area contributed by atoms with E-state index in [0.717, 1.165) is 44.0 Å². The van der Waals surface area contributed by atoms with Crippen LogP contribution in [0.3, 0.4) is 0 Å². The number of halogens is 2. The Bertz CT molecular complexity index is 1280. The molecule has 0 aliphatic carbocycles. The van der Waals surface area contributed by atoms with Gasteiger partial charge in [-0.15, -0.1) is 0 Å². The third kappa shape index (κ3) is 4.78. The van der Waals surface area contributed by atoms with Crippen LogP contribution in [0.4, 0.5) is 5.82 Å². The number of likely N-dealkylation sites (tertiary alicyclic amines) is 1. The lowest BCUT2D eigenvalue weighted by Crippen LogP contribution is -2.54. The monoisotopic (exact) mass is 527 g/mol. The third-order valence-electron chi connectivity index (χ3n) is 7.84. The van der Waals surface area contributed by atoms with Crippen LogP contribution in [-0.4, -0.2) is 68.6 Å². The first-order chi connectivity index (χ1) is 17.4. The summed E-state index contributed by atoms with van der Waals surface area (Å²) in [6.07, 6.45) is 5.05. The number of aromatic nitrogens is 4. The summed E-state index contributed by atoms with van der Waals surface area (Å²) in [5.41, 5.74) is 2.17. The zero-order valence-corrected chi connectivity index (χ0v) is 22.1. The van der Waals surface area contributed by atoms with E-state index in [1.165, 1.54) is 12.8 Å². The molecule has 3 atom stereocenters. The number of hydrogen-bond acceptors (Lipinski definition) is 7. The van der Waals surface area contributed by atoms with Crippen LogP contribution in [0, 0.1) is 23.2 Å². The molecule has 1 N–H and O–H groups in total. The lowest BCUT2D eigenvalue weighted by molar-refractivity contribution is 0.0791. The second-order valence-electron chi connectivity index (χ2n) is 10.1. The van der Waals surface area contributed by atoms with Crippen LogP contribution >= 0.6 is 23.2 Å². The first kappa shape index (κ1) is 25.2. The number of hydrogen-bond donors (Lipinski definition) is 1. The number of fused-ring (bicyclic) bond motifs is 1. The van der Waals surface area contributed by atoms with Crippen LogP contribution in [0.5, 0.6) is 0 Å². The van der Waals surface area contributed by atoms with Gasteiger partial charge in [0.2, 0.25) is 0 Å². The second-order valence-corrected chi connectivity index (χ2v) is 10.9. The molecule has 0 spiro atoms. The summed E-state index contributed by atoms with van der Waals surface area (Å²) in [7, 11) is 0. The van der Waals surface area contributed by atoms with Crippen molar-refractivity contribution in [3.05, 3.63) is 45.7 Å². The minimum atomic E-state index is -0.248. The van der Waals surface area contributed by atoms with Crippen molar-refractivity contribution in [3.8, 4) is 6.07 Å². The van der Waals surface area contributed by atoms with Gasteiger partial charge in [-0.25, -0.2) is 14.6 Å². The van der Waals surface area contributed by atoms with Gasteiger partial charge in [0.25, 0.3) is 0 Å². The Balaban J connectivity index is 1.34. The molecule has 2 fully saturated rings. The van der Waals surface area contributed by atoms with Crippen molar-refractivity contribution >= 4 is 40.2 Å². The zero-order chi connectivity index (χ0) is 25.4. The highest BCUT2D eigenvalue weighted by atomic mass is 35.5. The second kappa shape index (κ2) is 10.5. The average molecular weight is 528 g/mol. The Morgan fingerprint density at radius 2 is 2.00 bits per heavy atom. The summed E-state index contributed by atoms with van der Waals surface area (Å²) >= 11 is 12.5. The van der Waals surface area contributed by atoms with Crippen LogP contribution in [0.2, 0.25) is 10.0 Å². The molecule has 3 aromatic rings. The fourth-order valence-corrected chi connectivity index (χ4v) is 6.13. The van der Waals surface area contributed by atoms with E-state index in [9.17, 15) is 10.4 Å². The minimum Gasteiger partial charge on any atom is -0.396 e. The Morgan fingerprint density at radius 3 is 2.72 bits per heavy atom. The van der Waals surface area contributed by atoms with Crippen LogP contribution < -0.4 is 4.90 Å². The summed E-state index contributed by atoms with van der Waals surface area (Å²) < 4.78 is 1.73. The fraction of sp³-hybridized carbons (Fsp3) is 0.538. The van der Waals surface area contributed by atoms with Gasteiger partial charge in [0.1, 0.15) is 17.4 Å². The molecule has 190 valence electrons. The Morgan fingerprint density at radius 1 is 1.19 bits per heavy atom. The van der Waals surface area contributed by atoms with E-state index >= 15 is 0 Å². The van der Waals surface area contributed by atoms with Gasteiger partial charge in [-0.2, -0.15) is 10.4 Å². The maximum atomic E-state index is 9.64. The van der Waals surface area contributed by atoms with Gasteiger partial charge in [-0.05, 0) is 69.2 Å². The number of benzene rings is 1. The van der Waals surface area contributed by atoms with E-state index in [2.05, 4.69) is 32.9 Å². The van der Waals surface area contributed by atoms with E-state index in [0.29, 0.717) is 39.1 Å². The van der Waals surface area contributed by atoms with Crippen LogP contribution in [0.15, 0.2) is 24.4 Å². The van der Waals surface area contributed by atoms with Gasteiger partial charge < -0.3 is 14.9 Å². The van der Waals surface area contributed by atoms with Crippen LogP contribution in [0.25, 0.3) is 11.2 Å². The highest BCUT2D eigenvalue weighted by Gasteiger charge is 2.37. The van der Waals surface area contributed by atoms with Crippen molar-refractivity contribution in [3.63, 3.8) is 0 Å². The van der Waals surface area contributed by atoms with Crippen molar-refractivity contribution < 1.29 is 5.11 Å². The zero-order valence-electron chi connectivity index (χ0n) is 20.6. The standard InChI is InChI=1S/C26H31Cl2N7O/c1-16(7-9-36)33-8-3-4-18(13-33)19-14-34(15-19)24-12-30-25-23(11-29)32-35(26(25)31-24)17(2)21-6-5-20(27)10-22(21)28/h5-6,10,12,16-19,36H,3-4,7-9,13-15H2,1-2H3/t16?,17?,18-/m0/s1. The van der Waals surface area contributed by atoms with Gasteiger partial charge >= 0.3 is 0 Å². The minimum absolute atomic E-state index is 0.244. The summed E-state index contributed by atoms with van der Waals surface area (Å²) in [6, 6.07) is 7.70. The predicted octanol–water partition coefficient (Wildman–Crippen LogP) is 4.53. The maximum Gasteiger partial charge on any atom is 0.190 e. The summed E-state index contributed by atoms with van der Waals surface area (Å²) in [5.74, 6) is 2.09. The summed E-state index contributed by atoms with van der Waals surface area (Å²) in [6.45, 7) is 8.55. The molecule has 0 amide bonds. The van der Waals surface area contributed by atoms with Crippen molar-refractivity contribution in [1.29, 1.82) is 5.26 Å². The molecule has 4 heterocycles. The largest absolute Gasteiger partial charge is 0.396 e. The molecule has 8 nitrogen and oxygen atoms in total. The van der Waals surface area contributed by atoms with Gasteiger partial charge in [0.05, 0.1) is 12.2 Å². The van der Waals surface area contributed by atoms with E-state index in [1.807, 2.05) is 13.0 Å². The smallest absolute Gasteiger partial charge is 0.190 e. The number of nitriles is 1. The highest BCUT2D eigenvalue weighted by molar-refractivity contribution is 6.35. The molecule has 2 saturated heterocycles. The first-order valence-electron chi connectivity index (χ1n) is 12.6. The molecule has 2 aliphatic rings. The van der Waals surface area contributed by atoms with Crippen LogP contribution in [0.1, 0.15) is 50.4 Å². The van der Waals surface area contributed by atoms with E-state index in [-0.39, 0.29) is 18.3 Å². The number of rotatable bonds is 7. The van der Waals surface area contributed by atoms with Crippen molar-refractivity contribution in [2.24, 2.45) is 11.8 Å². The number of anilines is 1. The molecule has 1 aromatic carbocycles. The molecular formula is C26H31Cl2N7O. The number of piperidine rings is 1. The Hall–Kier alpha value is -2.44. The van der Waals surface area contributed by atoms with Gasteiger partial charge in [0.15, 0.2) is 11.3 Å². The van der Waals surface area contributed by atoms with Gasteiger partial charge in [-0.1, -0.05) is 29.3 Å². The van der Waals surface area contributed by atoms with Gasteiger partial charge in [0, 0.05) is 42.3 Å².